The predicted molar refractivity (Wildman–Crippen MR) is 232 cm³/mol. The molecule has 0 unspecified atom stereocenters. The van der Waals surface area contributed by atoms with Gasteiger partial charge in [-0.2, -0.15) is 0 Å². The SMILES string of the molecule is COc1ccc([Si](C)(C)[C@H]2[C@H](CC(=O)N3Cc4ccccc4C[C@H]3CO)O[C@@]3(C(=O)N(Cc4ccc(NC(=O)c5ccccc5)cc4)c4ccc(Br)cc43)[C@@H]2C)cc1. The van der Waals surface area contributed by atoms with Crippen molar-refractivity contribution < 1.29 is 29.0 Å². The number of halogens is 1. The molecule has 0 bridgehead atoms. The Morgan fingerprint density at radius 1 is 0.931 bits per heavy atom. The van der Waals surface area contributed by atoms with Crippen molar-refractivity contribution in [2.24, 2.45) is 5.92 Å². The first-order chi connectivity index (χ1) is 27.9. The fraction of sp³-hybridized carbons (Fsp3) is 0.298. The van der Waals surface area contributed by atoms with E-state index < -0.39 is 19.8 Å². The van der Waals surface area contributed by atoms with Gasteiger partial charge in [0, 0.05) is 33.7 Å². The second-order valence-corrected chi connectivity index (χ2v) is 21.9. The molecular formula is C47H48BrN3O6Si. The average molecular weight is 859 g/mol. The molecule has 3 aliphatic rings. The molecule has 5 aromatic carbocycles. The molecule has 3 aliphatic heterocycles. The summed E-state index contributed by atoms with van der Waals surface area (Å²) < 4.78 is 13.6. The summed E-state index contributed by atoms with van der Waals surface area (Å²) in [5, 5.41) is 14.6. The third-order valence-electron chi connectivity index (χ3n) is 12.6. The van der Waals surface area contributed by atoms with Gasteiger partial charge in [0.1, 0.15) is 5.75 Å². The van der Waals surface area contributed by atoms with Crippen LogP contribution in [0.25, 0.3) is 0 Å². The summed E-state index contributed by atoms with van der Waals surface area (Å²) in [5.41, 5.74) is 4.40. The number of carbonyl (C=O) groups is 3. The van der Waals surface area contributed by atoms with Crippen molar-refractivity contribution in [3.63, 3.8) is 0 Å². The van der Waals surface area contributed by atoms with Crippen molar-refractivity contribution in [2.45, 2.75) is 69.2 Å². The third kappa shape index (κ3) is 7.08. The van der Waals surface area contributed by atoms with Gasteiger partial charge >= 0.3 is 0 Å². The monoisotopic (exact) mass is 857 g/mol. The zero-order valence-electron chi connectivity index (χ0n) is 33.2. The first-order valence-electron chi connectivity index (χ1n) is 19.8. The Bertz CT molecular complexity index is 2340. The highest BCUT2D eigenvalue weighted by Gasteiger charge is 2.66. The summed E-state index contributed by atoms with van der Waals surface area (Å²) in [4.78, 5) is 46.4. The van der Waals surface area contributed by atoms with E-state index in [0.717, 1.165) is 38.2 Å². The van der Waals surface area contributed by atoms with E-state index in [2.05, 4.69) is 59.5 Å². The average Bonchev–Trinajstić information content (AvgIpc) is 3.66. The van der Waals surface area contributed by atoms with Gasteiger partial charge in [0.15, 0.2) is 5.60 Å². The lowest BCUT2D eigenvalue weighted by Gasteiger charge is -2.39. The molecular weight excluding hydrogens is 811 g/mol. The third-order valence-corrected chi connectivity index (χ3v) is 17.5. The van der Waals surface area contributed by atoms with Crippen LogP contribution < -0.4 is 20.1 Å². The van der Waals surface area contributed by atoms with Crippen molar-refractivity contribution in [3.8, 4) is 5.75 Å². The van der Waals surface area contributed by atoms with Gasteiger partial charge in [-0.15, -0.1) is 0 Å². The molecule has 2 N–H and O–H groups in total. The van der Waals surface area contributed by atoms with Crippen LogP contribution in [0.2, 0.25) is 18.6 Å². The van der Waals surface area contributed by atoms with E-state index in [1.165, 1.54) is 5.19 Å². The smallest absolute Gasteiger partial charge is 0.264 e. The fourth-order valence-corrected chi connectivity index (χ4v) is 14.0. The minimum Gasteiger partial charge on any atom is -0.497 e. The first-order valence-corrected chi connectivity index (χ1v) is 23.7. The van der Waals surface area contributed by atoms with Crippen LogP contribution in [0.1, 0.15) is 46.0 Å². The van der Waals surface area contributed by atoms with Crippen molar-refractivity contribution >= 4 is 58.3 Å². The Morgan fingerprint density at radius 3 is 2.31 bits per heavy atom. The van der Waals surface area contributed by atoms with Gasteiger partial charge in [0.2, 0.25) is 5.91 Å². The molecule has 0 radical (unpaired) electrons. The Morgan fingerprint density at radius 2 is 1.62 bits per heavy atom. The van der Waals surface area contributed by atoms with Crippen LogP contribution in [0.15, 0.2) is 126 Å². The summed E-state index contributed by atoms with van der Waals surface area (Å²) >= 11 is 3.70. The van der Waals surface area contributed by atoms with E-state index in [1.54, 1.807) is 24.1 Å². The van der Waals surface area contributed by atoms with E-state index in [0.29, 0.717) is 24.2 Å². The minimum absolute atomic E-state index is 0.0782. The molecule has 11 heteroatoms. The standard InChI is InChI=1S/C47H48BrN3O6Si/c1-30-44(58(3,4)39-21-19-38(56-2)20-22-39)42(26-43(53)50-28-34-13-9-8-12-33(34)24-37(50)29-52)57-47(30)40-25-35(48)16-23-41(40)51(46(47)55)27-31-14-17-36(18-15-31)49-45(54)32-10-6-5-7-11-32/h5-23,25,30,37,42,44,52H,24,26-29H2,1-4H3,(H,49,54)/t30-,37+,42+,44-,47+/m1/s1. The van der Waals surface area contributed by atoms with Gasteiger partial charge in [-0.05, 0) is 83.2 Å². The molecule has 5 atom stereocenters. The molecule has 1 fully saturated rings. The van der Waals surface area contributed by atoms with Gasteiger partial charge in [-0.3, -0.25) is 14.4 Å². The summed E-state index contributed by atoms with van der Waals surface area (Å²) in [7, 11) is -0.871. The van der Waals surface area contributed by atoms with Crippen LogP contribution in [-0.2, 0) is 39.4 Å². The summed E-state index contributed by atoms with van der Waals surface area (Å²) in [6.07, 6.45) is 0.0788. The second kappa shape index (κ2) is 15.9. The number of hydrogen-bond acceptors (Lipinski definition) is 6. The van der Waals surface area contributed by atoms with Gasteiger partial charge in [0.25, 0.3) is 11.8 Å². The molecule has 58 heavy (non-hydrogen) atoms. The van der Waals surface area contributed by atoms with Crippen LogP contribution in [0, 0.1) is 5.92 Å². The zero-order valence-corrected chi connectivity index (χ0v) is 35.7. The van der Waals surface area contributed by atoms with Gasteiger partial charge < -0.3 is 29.7 Å². The quantitative estimate of drug-likeness (QED) is 0.139. The maximum absolute atomic E-state index is 15.3. The Kier molecular flexibility index (Phi) is 10.9. The normalized spacial score (nSPS) is 22.5. The summed E-state index contributed by atoms with van der Waals surface area (Å²) in [6.45, 7) is 7.29. The number of methoxy groups -OCH3 is 1. The predicted octanol–water partition coefficient (Wildman–Crippen LogP) is 7.81. The van der Waals surface area contributed by atoms with Crippen molar-refractivity contribution in [1.29, 1.82) is 0 Å². The van der Waals surface area contributed by atoms with Crippen molar-refractivity contribution in [3.05, 3.63) is 154 Å². The number of ether oxygens (including phenoxy) is 2. The van der Waals surface area contributed by atoms with Crippen molar-refractivity contribution in [1.82, 2.24) is 4.90 Å². The molecule has 0 saturated carbocycles. The number of fused-ring (bicyclic) bond motifs is 3. The summed E-state index contributed by atoms with van der Waals surface area (Å²) in [6, 6.07) is 38.4. The number of carbonyl (C=O) groups excluding carboxylic acids is 3. The highest BCUT2D eigenvalue weighted by atomic mass is 79.9. The van der Waals surface area contributed by atoms with Crippen molar-refractivity contribution in [2.75, 3.05) is 23.9 Å². The van der Waals surface area contributed by atoms with Crippen LogP contribution in [0.4, 0.5) is 11.4 Å². The Hall–Kier alpha value is -5.07. The number of hydrogen-bond donors (Lipinski definition) is 2. The first kappa shape index (κ1) is 39.7. The molecule has 5 aromatic rings. The summed E-state index contributed by atoms with van der Waals surface area (Å²) in [5.74, 6) is 0.0149. The highest BCUT2D eigenvalue weighted by molar-refractivity contribution is 9.10. The largest absolute Gasteiger partial charge is 0.497 e. The topological polar surface area (TPSA) is 108 Å². The molecule has 3 amide bonds. The van der Waals surface area contributed by atoms with Gasteiger partial charge in [-0.25, -0.2) is 0 Å². The fourth-order valence-electron chi connectivity index (χ4n) is 9.64. The van der Waals surface area contributed by atoms with Gasteiger partial charge in [-0.1, -0.05) is 108 Å². The minimum atomic E-state index is -2.52. The Labute approximate surface area is 349 Å². The van der Waals surface area contributed by atoms with E-state index in [1.807, 2.05) is 95.9 Å². The van der Waals surface area contributed by atoms with Crippen LogP contribution in [0.5, 0.6) is 5.75 Å². The number of aliphatic hydroxyl groups excluding tert-OH is 1. The Balaban J connectivity index is 1.13. The van der Waals surface area contributed by atoms with E-state index in [9.17, 15) is 14.7 Å². The number of anilines is 2. The van der Waals surface area contributed by atoms with E-state index in [-0.39, 0.29) is 54.8 Å². The molecule has 9 nitrogen and oxygen atoms in total. The second-order valence-electron chi connectivity index (χ2n) is 16.3. The molecule has 1 saturated heterocycles. The lowest BCUT2D eigenvalue weighted by atomic mass is 9.82. The van der Waals surface area contributed by atoms with Crippen LogP contribution in [-0.4, -0.2) is 61.7 Å². The van der Waals surface area contributed by atoms with Crippen LogP contribution >= 0.6 is 15.9 Å². The number of amides is 3. The molecule has 0 aromatic heterocycles. The number of aliphatic hydroxyl groups is 1. The highest BCUT2D eigenvalue weighted by Crippen LogP contribution is 2.60. The number of nitrogens with zero attached hydrogens (tertiary/aromatic N) is 2. The van der Waals surface area contributed by atoms with E-state index in [4.69, 9.17) is 9.47 Å². The molecule has 3 heterocycles. The molecule has 8 rings (SSSR count). The number of nitrogens with one attached hydrogen (secondary N) is 1. The molecule has 0 aliphatic carbocycles. The maximum Gasteiger partial charge on any atom is 0.264 e. The van der Waals surface area contributed by atoms with Crippen LogP contribution in [0.3, 0.4) is 0 Å². The lowest BCUT2D eigenvalue weighted by molar-refractivity contribution is -0.151. The number of benzene rings is 5. The molecule has 298 valence electrons. The number of rotatable bonds is 10. The van der Waals surface area contributed by atoms with E-state index >= 15 is 4.79 Å². The zero-order chi connectivity index (χ0) is 40.8. The maximum atomic E-state index is 15.3. The lowest BCUT2D eigenvalue weighted by Crippen LogP contribution is -2.52. The van der Waals surface area contributed by atoms with Gasteiger partial charge in [0.05, 0.1) is 52.6 Å². The molecule has 1 spiro atoms.